The van der Waals surface area contributed by atoms with Gasteiger partial charge in [0.2, 0.25) is 0 Å². The van der Waals surface area contributed by atoms with Gasteiger partial charge in [-0.15, -0.1) is 45.3 Å². The van der Waals surface area contributed by atoms with Crippen molar-refractivity contribution < 1.29 is 0 Å². The van der Waals surface area contributed by atoms with E-state index in [9.17, 15) is 0 Å². The van der Waals surface area contributed by atoms with Crippen LogP contribution in [0.5, 0.6) is 0 Å². The van der Waals surface area contributed by atoms with Gasteiger partial charge in [0.1, 0.15) is 0 Å². The summed E-state index contributed by atoms with van der Waals surface area (Å²) in [6.07, 6.45) is 11.9. The quantitative estimate of drug-likeness (QED) is 0.193. The maximum atomic E-state index is 2.48. The summed E-state index contributed by atoms with van der Waals surface area (Å²) < 4.78 is 8.97. The summed E-state index contributed by atoms with van der Waals surface area (Å²) in [6, 6.07) is 9.89. The number of fused-ring (bicyclic) bond motifs is 6. The summed E-state index contributed by atoms with van der Waals surface area (Å²) in [7, 11) is 0. The van der Waals surface area contributed by atoms with Crippen molar-refractivity contribution in [1.29, 1.82) is 0 Å². The van der Waals surface area contributed by atoms with Crippen molar-refractivity contribution in [2.45, 2.75) is 71.6 Å². The standard InChI is InChI=1S/C25H28S4/c1-3-5-7-9-11-17-13-23-25(27-17)19-15-20-18(14-21(19)29-23)24-22(28-20)12-16(26-24)10-8-6-4-2/h12-15H,3-11H2,1-2H3. The lowest BCUT2D eigenvalue weighted by molar-refractivity contribution is 0.670. The van der Waals surface area contributed by atoms with Crippen LogP contribution in [0.2, 0.25) is 0 Å². The average Bonchev–Trinajstić information content (AvgIpc) is 3.43. The minimum Gasteiger partial charge on any atom is -0.139 e. The first-order valence-electron chi connectivity index (χ1n) is 11.1. The van der Waals surface area contributed by atoms with Gasteiger partial charge in [0.15, 0.2) is 0 Å². The van der Waals surface area contributed by atoms with Crippen molar-refractivity contribution >= 4 is 84.3 Å². The second-order valence-corrected chi connectivity index (χ2v) is 12.6. The molecular formula is C25H28S4. The first kappa shape index (κ1) is 20.0. The molecule has 0 aliphatic carbocycles. The van der Waals surface area contributed by atoms with Crippen LogP contribution in [0, 0.1) is 0 Å². The van der Waals surface area contributed by atoms with E-state index in [1.165, 1.54) is 96.8 Å². The molecule has 0 saturated heterocycles. The van der Waals surface area contributed by atoms with Crippen LogP contribution in [0.4, 0.5) is 0 Å². The Morgan fingerprint density at radius 3 is 1.52 bits per heavy atom. The van der Waals surface area contributed by atoms with E-state index in [0.29, 0.717) is 0 Å². The number of benzene rings is 1. The highest BCUT2D eigenvalue weighted by Gasteiger charge is 2.15. The summed E-state index contributed by atoms with van der Waals surface area (Å²) in [6.45, 7) is 4.57. The molecule has 0 aliphatic heterocycles. The highest BCUT2D eigenvalue weighted by Crippen LogP contribution is 2.46. The topological polar surface area (TPSA) is 0 Å². The molecule has 5 rings (SSSR count). The first-order valence-corrected chi connectivity index (χ1v) is 14.3. The lowest BCUT2D eigenvalue weighted by Gasteiger charge is -1.97. The highest BCUT2D eigenvalue weighted by molar-refractivity contribution is 7.34. The number of unbranched alkanes of at least 4 members (excludes halogenated alkanes) is 5. The Labute approximate surface area is 189 Å². The van der Waals surface area contributed by atoms with Crippen LogP contribution in [0.1, 0.15) is 68.5 Å². The van der Waals surface area contributed by atoms with Crippen LogP contribution in [0.3, 0.4) is 0 Å². The molecule has 0 nitrogen and oxygen atoms in total. The summed E-state index contributed by atoms with van der Waals surface area (Å²) >= 11 is 8.07. The normalized spacial score (nSPS) is 12.3. The fraction of sp³-hybridized carbons (Fsp3) is 0.440. The second kappa shape index (κ2) is 8.66. The first-order chi connectivity index (χ1) is 14.3. The van der Waals surface area contributed by atoms with E-state index in [4.69, 9.17) is 0 Å². The molecule has 0 amide bonds. The largest absolute Gasteiger partial charge is 0.139 e. The van der Waals surface area contributed by atoms with E-state index in [0.717, 1.165) is 0 Å². The molecule has 0 spiro atoms. The molecule has 4 aromatic heterocycles. The highest BCUT2D eigenvalue weighted by atomic mass is 32.1. The molecule has 0 N–H and O–H groups in total. The van der Waals surface area contributed by atoms with Gasteiger partial charge in [-0.2, -0.15) is 0 Å². The van der Waals surface area contributed by atoms with E-state index in [2.05, 4.69) is 38.1 Å². The molecule has 0 unspecified atom stereocenters. The van der Waals surface area contributed by atoms with Crippen LogP contribution < -0.4 is 0 Å². The minimum absolute atomic E-state index is 1.25. The van der Waals surface area contributed by atoms with Crippen molar-refractivity contribution in [1.82, 2.24) is 0 Å². The Balaban J connectivity index is 1.47. The number of rotatable bonds is 9. The van der Waals surface area contributed by atoms with E-state index in [1.54, 1.807) is 9.75 Å². The number of hydrogen-bond donors (Lipinski definition) is 0. The van der Waals surface area contributed by atoms with Crippen LogP contribution in [0.15, 0.2) is 24.3 Å². The molecule has 0 atom stereocenters. The minimum atomic E-state index is 1.25. The average molecular weight is 457 g/mol. The zero-order chi connectivity index (χ0) is 19.8. The van der Waals surface area contributed by atoms with E-state index in [1.807, 2.05) is 45.3 Å². The molecule has 0 saturated carbocycles. The third kappa shape index (κ3) is 3.89. The molecule has 1 aromatic carbocycles. The van der Waals surface area contributed by atoms with E-state index < -0.39 is 0 Å². The van der Waals surface area contributed by atoms with Gasteiger partial charge >= 0.3 is 0 Å². The van der Waals surface area contributed by atoms with Gasteiger partial charge in [-0.3, -0.25) is 0 Å². The lowest BCUT2D eigenvalue weighted by Crippen LogP contribution is -1.80. The molecule has 152 valence electrons. The maximum Gasteiger partial charge on any atom is 0.0532 e. The lowest BCUT2D eigenvalue weighted by atomic mass is 10.1. The maximum absolute atomic E-state index is 2.48. The van der Waals surface area contributed by atoms with Crippen molar-refractivity contribution in [2.24, 2.45) is 0 Å². The van der Waals surface area contributed by atoms with E-state index in [-0.39, 0.29) is 0 Å². The molecule has 4 heterocycles. The predicted molar refractivity (Wildman–Crippen MR) is 139 cm³/mol. The monoisotopic (exact) mass is 456 g/mol. The Morgan fingerprint density at radius 2 is 1.00 bits per heavy atom. The van der Waals surface area contributed by atoms with Crippen molar-refractivity contribution in [3.8, 4) is 0 Å². The number of thiophene rings is 4. The summed E-state index contributed by atoms with van der Waals surface area (Å²) in [5.41, 5.74) is 0. The zero-order valence-corrected chi connectivity index (χ0v) is 20.6. The smallest absolute Gasteiger partial charge is 0.0532 e. The molecule has 4 heteroatoms. The summed E-state index contributed by atoms with van der Waals surface area (Å²) in [4.78, 5) is 3.15. The van der Waals surface area contributed by atoms with Gasteiger partial charge in [0, 0.05) is 39.3 Å². The SMILES string of the molecule is CCCCCCc1cc2sc3cc4c(cc3c2s1)sc1cc(CCCCC)sc14. The van der Waals surface area contributed by atoms with Gasteiger partial charge in [-0.05, 0) is 49.9 Å². The van der Waals surface area contributed by atoms with Crippen LogP contribution >= 0.6 is 45.3 Å². The predicted octanol–water partition coefficient (Wildman–Crippen LogP) is 10.4. The fourth-order valence-corrected chi connectivity index (χ4v) is 9.42. The van der Waals surface area contributed by atoms with Gasteiger partial charge in [0.05, 0.1) is 9.40 Å². The van der Waals surface area contributed by atoms with Gasteiger partial charge in [0.25, 0.3) is 0 Å². The molecule has 29 heavy (non-hydrogen) atoms. The van der Waals surface area contributed by atoms with Crippen LogP contribution in [-0.4, -0.2) is 0 Å². The van der Waals surface area contributed by atoms with E-state index >= 15 is 0 Å². The van der Waals surface area contributed by atoms with Crippen molar-refractivity contribution in [2.75, 3.05) is 0 Å². The molecule has 0 fully saturated rings. The summed E-state index contributed by atoms with van der Waals surface area (Å²) in [5.74, 6) is 0. The van der Waals surface area contributed by atoms with Crippen LogP contribution in [-0.2, 0) is 12.8 Å². The second-order valence-electron chi connectivity index (χ2n) is 8.13. The Hall–Kier alpha value is -0.940. The van der Waals surface area contributed by atoms with Gasteiger partial charge in [-0.25, -0.2) is 0 Å². The molecule has 5 aromatic rings. The molecule has 0 bridgehead atoms. The van der Waals surface area contributed by atoms with Gasteiger partial charge < -0.3 is 0 Å². The fourth-order valence-electron chi connectivity index (χ4n) is 4.21. The number of aryl methyl sites for hydroxylation is 2. The van der Waals surface area contributed by atoms with Gasteiger partial charge in [-0.1, -0.05) is 46.0 Å². The Morgan fingerprint density at radius 1 is 0.517 bits per heavy atom. The Kier molecular flexibility index (Phi) is 5.97. The van der Waals surface area contributed by atoms with Crippen LogP contribution in [0.25, 0.3) is 39.0 Å². The number of hydrogen-bond acceptors (Lipinski definition) is 4. The molecule has 0 radical (unpaired) electrons. The van der Waals surface area contributed by atoms with Crippen molar-refractivity contribution in [3.63, 3.8) is 0 Å². The van der Waals surface area contributed by atoms with Crippen molar-refractivity contribution in [3.05, 3.63) is 34.0 Å². The summed E-state index contributed by atoms with van der Waals surface area (Å²) in [5, 5.41) is 2.97. The third-order valence-electron chi connectivity index (χ3n) is 5.81. The third-order valence-corrected chi connectivity index (χ3v) is 10.7. The zero-order valence-electron chi connectivity index (χ0n) is 17.3. The molecule has 0 aliphatic rings. The Bertz CT molecular complexity index is 1260. The molecular weight excluding hydrogens is 429 g/mol.